The molecule has 1 aromatic heterocycles. The lowest BCUT2D eigenvalue weighted by atomic mass is 9.96. The van der Waals surface area contributed by atoms with E-state index in [2.05, 4.69) is 35.9 Å². The van der Waals surface area contributed by atoms with Crippen LogP contribution >= 0.6 is 0 Å². The standard InChI is InChI=1S/C17H29N3/c1-3-14-6-5-12-20(13-9-14)17(16(18)4-2)15-7-10-19-11-8-15/h7-8,10-11,14,16-17H,3-6,9,12-13,18H2,1-2H3. The average molecular weight is 275 g/mol. The van der Waals surface area contributed by atoms with Crippen molar-refractivity contribution < 1.29 is 0 Å². The molecule has 1 aliphatic rings. The number of hydrogen-bond acceptors (Lipinski definition) is 3. The molecule has 1 aliphatic heterocycles. The molecule has 3 unspecified atom stereocenters. The molecule has 0 spiro atoms. The molecule has 3 atom stereocenters. The van der Waals surface area contributed by atoms with E-state index in [-0.39, 0.29) is 6.04 Å². The normalized spacial score (nSPS) is 24.1. The van der Waals surface area contributed by atoms with Crippen molar-refractivity contribution in [1.29, 1.82) is 0 Å². The van der Waals surface area contributed by atoms with Gasteiger partial charge in [-0.05, 0) is 62.4 Å². The Kier molecular flexibility index (Phi) is 5.99. The molecule has 3 nitrogen and oxygen atoms in total. The molecule has 112 valence electrons. The molecule has 1 fully saturated rings. The van der Waals surface area contributed by atoms with Gasteiger partial charge in [-0.3, -0.25) is 9.88 Å². The second-order valence-corrected chi connectivity index (χ2v) is 6.04. The predicted molar refractivity (Wildman–Crippen MR) is 84.4 cm³/mol. The first-order valence-corrected chi connectivity index (χ1v) is 8.15. The zero-order valence-corrected chi connectivity index (χ0v) is 13.0. The van der Waals surface area contributed by atoms with Gasteiger partial charge >= 0.3 is 0 Å². The third kappa shape index (κ3) is 3.80. The van der Waals surface area contributed by atoms with E-state index in [1.165, 1.54) is 44.3 Å². The molecular weight excluding hydrogens is 246 g/mol. The van der Waals surface area contributed by atoms with Crippen LogP contribution in [0.15, 0.2) is 24.5 Å². The Morgan fingerprint density at radius 2 is 2.00 bits per heavy atom. The molecule has 0 aromatic carbocycles. The highest BCUT2D eigenvalue weighted by Gasteiger charge is 2.27. The Balaban J connectivity index is 2.14. The van der Waals surface area contributed by atoms with Gasteiger partial charge in [0.2, 0.25) is 0 Å². The summed E-state index contributed by atoms with van der Waals surface area (Å²) in [6.45, 7) is 6.86. The van der Waals surface area contributed by atoms with Gasteiger partial charge in [0.1, 0.15) is 0 Å². The van der Waals surface area contributed by atoms with E-state index in [0.29, 0.717) is 6.04 Å². The molecule has 0 saturated carbocycles. The van der Waals surface area contributed by atoms with Gasteiger partial charge in [0.25, 0.3) is 0 Å². The Morgan fingerprint density at radius 3 is 2.65 bits per heavy atom. The second-order valence-electron chi connectivity index (χ2n) is 6.04. The fourth-order valence-electron chi connectivity index (χ4n) is 3.39. The Bertz CT molecular complexity index is 379. The molecular formula is C17H29N3. The molecule has 0 amide bonds. The van der Waals surface area contributed by atoms with Crippen molar-refractivity contribution >= 4 is 0 Å². The van der Waals surface area contributed by atoms with E-state index < -0.39 is 0 Å². The molecule has 2 heterocycles. The van der Waals surface area contributed by atoms with E-state index in [1.54, 1.807) is 0 Å². The molecule has 1 aromatic rings. The highest BCUT2D eigenvalue weighted by atomic mass is 15.2. The van der Waals surface area contributed by atoms with Crippen molar-refractivity contribution in [3.05, 3.63) is 30.1 Å². The van der Waals surface area contributed by atoms with Crippen LogP contribution in [0.3, 0.4) is 0 Å². The average Bonchev–Trinajstić information content (AvgIpc) is 2.74. The van der Waals surface area contributed by atoms with Gasteiger partial charge in [-0.1, -0.05) is 20.3 Å². The lowest BCUT2D eigenvalue weighted by Crippen LogP contribution is -2.41. The van der Waals surface area contributed by atoms with Gasteiger partial charge in [0.15, 0.2) is 0 Å². The van der Waals surface area contributed by atoms with Gasteiger partial charge in [0, 0.05) is 24.5 Å². The van der Waals surface area contributed by atoms with Crippen LogP contribution in [-0.2, 0) is 0 Å². The van der Waals surface area contributed by atoms with Crippen LogP contribution in [0.25, 0.3) is 0 Å². The molecule has 0 radical (unpaired) electrons. The molecule has 2 N–H and O–H groups in total. The third-order valence-electron chi connectivity index (χ3n) is 4.78. The van der Waals surface area contributed by atoms with Gasteiger partial charge < -0.3 is 5.73 Å². The smallest absolute Gasteiger partial charge is 0.0500 e. The molecule has 0 aliphatic carbocycles. The Morgan fingerprint density at radius 1 is 1.25 bits per heavy atom. The summed E-state index contributed by atoms with van der Waals surface area (Å²) in [5.41, 5.74) is 7.76. The summed E-state index contributed by atoms with van der Waals surface area (Å²) >= 11 is 0. The van der Waals surface area contributed by atoms with E-state index in [9.17, 15) is 0 Å². The number of aromatic nitrogens is 1. The fraction of sp³-hybridized carbons (Fsp3) is 0.706. The van der Waals surface area contributed by atoms with Crippen molar-refractivity contribution in [3.63, 3.8) is 0 Å². The van der Waals surface area contributed by atoms with Crippen LogP contribution in [-0.4, -0.2) is 29.0 Å². The van der Waals surface area contributed by atoms with Gasteiger partial charge in [-0.15, -0.1) is 0 Å². The second kappa shape index (κ2) is 7.75. The van der Waals surface area contributed by atoms with Crippen molar-refractivity contribution in [2.75, 3.05) is 13.1 Å². The minimum atomic E-state index is 0.204. The Labute approximate surface area is 123 Å². The Hall–Kier alpha value is -0.930. The highest BCUT2D eigenvalue weighted by molar-refractivity contribution is 5.17. The van der Waals surface area contributed by atoms with Crippen LogP contribution in [0.1, 0.15) is 57.6 Å². The summed E-state index contributed by atoms with van der Waals surface area (Å²) in [5.74, 6) is 0.899. The van der Waals surface area contributed by atoms with Crippen LogP contribution < -0.4 is 5.73 Å². The topological polar surface area (TPSA) is 42.2 Å². The van der Waals surface area contributed by atoms with Crippen LogP contribution in [0, 0.1) is 5.92 Å². The summed E-state index contributed by atoms with van der Waals surface area (Å²) in [5, 5.41) is 0. The molecule has 3 heteroatoms. The van der Waals surface area contributed by atoms with E-state index >= 15 is 0 Å². The fourth-order valence-corrected chi connectivity index (χ4v) is 3.39. The summed E-state index contributed by atoms with van der Waals surface area (Å²) < 4.78 is 0. The monoisotopic (exact) mass is 275 g/mol. The number of likely N-dealkylation sites (tertiary alicyclic amines) is 1. The summed E-state index contributed by atoms with van der Waals surface area (Å²) in [7, 11) is 0. The lowest BCUT2D eigenvalue weighted by Gasteiger charge is -2.35. The van der Waals surface area contributed by atoms with Crippen LogP contribution in [0.2, 0.25) is 0 Å². The first kappa shape index (κ1) is 15.5. The van der Waals surface area contributed by atoms with E-state index in [0.717, 1.165) is 12.3 Å². The van der Waals surface area contributed by atoms with E-state index in [1.807, 2.05) is 12.4 Å². The SMILES string of the molecule is CCC1CCCN(C(c2ccncc2)C(N)CC)CC1. The molecule has 0 bridgehead atoms. The lowest BCUT2D eigenvalue weighted by molar-refractivity contribution is 0.173. The van der Waals surface area contributed by atoms with Gasteiger partial charge in [-0.25, -0.2) is 0 Å². The van der Waals surface area contributed by atoms with Gasteiger partial charge in [-0.2, -0.15) is 0 Å². The first-order chi connectivity index (χ1) is 9.76. The number of rotatable bonds is 5. The summed E-state index contributed by atoms with van der Waals surface area (Å²) in [6, 6.07) is 4.80. The molecule has 2 rings (SSSR count). The maximum absolute atomic E-state index is 6.44. The zero-order valence-electron chi connectivity index (χ0n) is 13.0. The zero-order chi connectivity index (χ0) is 14.4. The largest absolute Gasteiger partial charge is 0.326 e. The van der Waals surface area contributed by atoms with Crippen molar-refractivity contribution in [2.24, 2.45) is 11.7 Å². The summed E-state index contributed by atoms with van der Waals surface area (Å²) in [4.78, 5) is 6.75. The quantitative estimate of drug-likeness (QED) is 0.896. The van der Waals surface area contributed by atoms with Crippen molar-refractivity contribution in [3.8, 4) is 0 Å². The van der Waals surface area contributed by atoms with Gasteiger partial charge in [0.05, 0.1) is 0 Å². The van der Waals surface area contributed by atoms with Crippen LogP contribution in [0.5, 0.6) is 0 Å². The molecule has 1 saturated heterocycles. The number of hydrogen-bond donors (Lipinski definition) is 1. The number of nitrogens with zero attached hydrogens (tertiary/aromatic N) is 2. The van der Waals surface area contributed by atoms with Crippen molar-refractivity contribution in [1.82, 2.24) is 9.88 Å². The molecule has 20 heavy (non-hydrogen) atoms. The number of nitrogens with two attached hydrogens (primary N) is 1. The summed E-state index contributed by atoms with van der Waals surface area (Å²) in [6.07, 6.45) is 10.1. The third-order valence-corrected chi connectivity index (χ3v) is 4.78. The minimum absolute atomic E-state index is 0.204. The minimum Gasteiger partial charge on any atom is -0.326 e. The van der Waals surface area contributed by atoms with E-state index in [4.69, 9.17) is 5.73 Å². The maximum Gasteiger partial charge on any atom is 0.0500 e. The van der Waals surface area contributed by atoms with Crippen LogP contribution in [0.4, 0.5) is 0 Å². The number of pyridine rings is 1. The maximum atomic E-state index is 6.44. The highest BCUT2D eigenvalue weighted by Crippen LogP contribution is 2.29. The predicted octanol–water partition coefficient (Wildman–Crippen LogP) is 3.37. The first-order valence-electron chi connectivity index (χ1n) is 8.15. The van der Waals surface area contributed by atoms with Crippen molar-refractivity contribution in [2.45, 2.75) is 58.0 Å².